The third-order valence-electron chi connectivity index (χ3n) is 5.57. The average Bonchev–Trinajstić information content (AvgIpc) is 2.83. The molecule has 37 heavy (non-hydrogen) atoms. The van der Waals surface area contributed by atoms with Gasteiger partial charge in [0.05, 0.1) is 6.04 Å². The van der Waals surface area contributed by atoms with Crippen LogP contribution < -0.4 is 27.4 Å². The zero-order chi connectivity index (χ0) is 28.1. The molecule has 1 rings (SSSR count). The lowest BCUT2D eigenvalue weighted by atomic mass is 10.0. The van der Waals surface area contributed by atoms with Crippen LogP contribution in [0.1, 0.15) is 38.7 Å². The van der Waals surface area contributed by atoms with Gasteiger partial charge in [0, 0.05) is 12.8 Å². The summed E-state index contributed by atoms with van der Waals surface area (Å²) in [6, 6.07) is 1.41. The van der Waals surface area contributed by atoms with Crippen LogP contribution in [0.2, 0.25) is 0 Å². The number of carbonyl (C=O) groups is 5. The van der Waals surface area contributed by atoms with E-state index in [0.29, 0.717) is 11.3 Å². The maximum Gasteiger partial charge on any atom is 0.326 e. The van der Waals surface area contributed by atoms with Crippen LogP contribution >= 0.6 is 11.8 Å². The minimum atomic E-state index is -1.22. The second kappa shape index (κ2) is 15.7. The Morgan fingerprint density at radius 2 is 1.43 bits per heavy atom. The van der Waals surface area contributed by atoms with E-state index in [1.165, 1.54) is 23.9 Å². The molecule has 9 N–H and O–H groups in total. The number of carboxylic acid groups (broad SMARTS) is 1. The standard InChI is InChI=1S/C24H37N5O7S/c1-13(2)20(26)23(34)27-16(8-9-19(25)31)21(32)29-18(12-14-4-6-15(30)7-5-14)22(33)28-17(24(35)36)10-11-37-3/h4-7,13,16-18,20,30H,8-12,26H2,1-3H3,(H2,25,31)(H,27,34)(H,28,33)(H,29,32)(H,35,36). The van der Waals surface area contributed by atoms with E-state index in [1.54, 1.807) is 32.2 Å². The van der Waals surface area contributed by atoms with Crippen molar-refractivity contribution in [2.75, 3.05) is 12.0 Å². The Bertz CT molecular complexity index is 942. The number of nitrogens with one attached hydrogen (secondary N) is 3. The van der Waals surface area contributed by atoms with Crippen LogP contribution in [0.25, 0.3) is 0 Å². The number of benzene rings is 1. The molecule has 4 atom stereocenters. The van der Waals surface area contributed by atoms with Gasteiger partial charge in [-0.05, 0) is 48.5 Å². The van der Waals surface area contributed by atoms with Crippen LogP contribution in [0.3, 0.4) is 0 Å². The first-order chi connectivity index (χ1) is 17.3. The van der Waals surface area contributed by atoms with Gasteiger partial charge in [-0.3, -0.25) is 19.2 Å². The van der Waals surface area contributed by atoms with Crippen LogP contribution in [-0.4, -0.2) is 76.0 Å². The molecule has 0 radical (unpaired) electrons. The molecule has 0 saturated heterocycles. The molecule has 0 aromatic heterocycles. The first kappa shape index (κ1) is 31.7. The fourth-order valence-corrected chi connectivity index (χ4v) is 3.71. The molecule has 0 bridgehead atoms. The second-order valence-electron chi connectivity index (χ2n) is 8.95. The Kier molecular flexibility index (Phi) is 13.5. The maximum absolute atomic E-state index is 13.2. The highest BCUT2D eigenvalue weighted by Gasteiger charge is 2.31. The number of primary amides is 1. The summed E-state index contributed by atoms with van der Waals surface area (Å²) >= 11 is 1.42. The van der Waals surface area contributed by atoms with Crippen LogP contribution in [0.4, 0.5) is 0 Å². The van der Waals surface area contributed by atoms with Gasteiger partial charge in [-0.25, -0.2) is 4.79 Å². The summed E-state index contributed by atoms with van der Waals surface area (Å²) in [4.78, 5) is 61.8. The molecular formula is C24H37N5O7S. The topological polar surface area (TPSA) is 214 Å². The van der Waals surface area contributed by atoms with E-state index in [0.717, 1.165) is 0 Å². The van der Waals surface area contributed by atoms with Crippen LogP contribution in [-0.2, 0) is 30.4 Å². The first-order valence-electron chi connectivity index (χ1n) is 11.8. The van der Waals surface area contributed by atoms with Gasteiger partial charge in [-0.1, -0.05) is 26.0 Å². The highest BCUT2D eigenvalue weighted by molar-refractivity contribution is 7.98. The number of aliphatic carboxylic acids is 1. The summed E-state index contributed by atoms with van der Waals surface area (Å²) in [5.74, 6) is -3.74. The molecule has 4 unspecified atom stereocenters. The summed E-state index contributed by atoms with van der Waals surface area (Å²) < 4.78 is 0. The number of aromatic hydroxyl groups is 1. The molecule has 4 amide bonds. The number of hydrogen-bond donors (Lipinski definition) is 7. The molecule has 0 heterocycles. The summed E-state index contributed by atoms with van der Waals surface area (Å²) in [5.41, 5.74) is 11.7. The number of amides is 4. The normalized spacial score (nSPS) is 14.2. The number of carboxylic acids is 1. The van der Waals surface area contributed by atoms with Crippen molar-refractivity contribution < 1.29 is 34.2 Å². The quantitative estimate of drug-likeness (QED) is 0.144. The van der Waals surface area contributed by atoms with Gasteiger partial charge in [0.1, 0.15) is 23.9 Å². The Labute approximate surface area is 220 Å². The molecule has 1 aromatic rings. The molecular weight excluding hydrogens is 502 g/mol. The number of phenolic OH excluding ortho intramolecular Hbond substituents is 1. The monoisotopic (exact) mass is 539 g/mol. The Morgan fingerprint density at radius 3 is 1.95 bits per heavy atom. The van der Waals surface area contributed by atoms with E-state index in [2.05, 4.69) is 16.0 Å². The smallest absolute Gasteiger partial charge is 0.326 e. The van der Waals surface area contributed by atoms with E-state index < -0.39 is 53.8 Å². The van der Waals surface area contributed by atoms with E-state index in [1.807, 2.05) is 0 Å². The minimum Gasteiger partial charge on any atom is -0.508 e. The number of hydrogen-bond acceptors (Lipinski definition) is 8. The highest BCUT2D eigenvalue weighted by Crippen LogP contribution is 2.13. The molecule has 0 aliphatic heterocycles. The molecule has 0 aliphatic carbocycles. The Balaban J connectivity index is 3.17. The van der Waals surface area contributed by atoms with Gasteiger partial charge < -0.3 is 37.6 Å². The summed E-state index contributed by atoms with van der Waals surface area (Å²) in [5, 5.41) is 26.6. The van der Waals surface area contributed by atoms with Gasteiger partial charge in [-0.15, -0.1) is 0 Å². The van der Waals surface area contributed by atoms with Crippen molar-refractivity contribution in [3.05, 3.63) is 29.8 Å². The maximum atomic E-state index is 13.2. The summed E-state index contributed by atoms with van der Waals surface area (Å²) in [6.45, 7) is 3.47. The van der Waals surface area contributed by atoms with Crippen molar-refractivity contribution in [1.29, 1.82) is 0 Å². The van der Waals surface area contributed by atoms with Crippen LogP contribution in [0.15, 0.2) is 24.3 Å². The van der Waals surface area contributed by atoms with Crippen molar-refractivity contribution >= 4 is 41.4 Å². The second-order valence-corrected chi connectivity index (χ2v) is 9.93. The predicted octanol–water partition coefficient (Wildman–Crippen LogP) is -0.524. The number of carbonyl (C=O) groups excluding carboxylic acids is 4. The molecule has 0 aliphatic rings. The summed E-state index contributed by atoms with van der Waals surface area (Å²) in [6.07, 6.45) is 1.61. The van der Waals surface area contributed by atoms with Gasteiger partial charge in [0.2, 0.25) is 23.6 Å². The van der Waals surface area contributed by atoms with Gasteiger partial charge in [0.25, 0.3) is 0 Å². The molecule has 0 spiro atoms. The largest absolute Gasteiger partial charge is 0.508 e. The Morgan fingerprint density at radius 1 is 0.892 bits per heavy atom. The predicted molar refractivity (Wildman–Crippen MR) is 139 cm³/mol. The van der Waals surface area contributed by atoms with Crippen molar-refractivity contribution in [2.24, 2.45) is 17.4 Å². The molecule has 0 saturated carbocycles. The number of thioether (sulfide) groups is 1. The fraction of sp³-hybridized carbons (Fsp3) is 0.542. The molecule has 13 heteroatoms. The van der Waals surface area contributed by atoms with Gasteiger partial charge in [0.15, 0.2) is 0 Å². The summed E-state index contributed by atoms with van der Waals surface area (Å²) in [7, 11) is 0. The molecule has 0 fully saturated rings. The molecule has 12 nitrogen and oxygen atoms in total. The zero-order valence-electron chi connectivity index (χ0n) is 21.2. The number of nitrogens with two attached hydrogens (primary N) is 2. The highest BCUT2D eigenvalue weighted by atomic mass is 32.2. The third kappa shape index (κ3) is 11.5. The van der Waals surface area contributed by atoms with Crippen LogP contribution in [0, 0.1) is 5.92 Å². The first-order valence-corrected chi connectivity index (χ1v) is 13.2. The SMILES string of the molecule is CSCCC(NC(=O)C(Cc1ccc(O)cc1)NC(=O)C(CCC(N)=O)NC(=O)C(N)C(C)C)C(=O)O. The van der Waals surface area contributed by atoms with Gasteiger partial charge in [-0.2, -0.15) is 11.8 Å². The molecule has 1 aromatic carbocycles. The Hall–Kier alpha value is -3.32. The lowest BCUT2D eigenvalue weighted by Crippen LogP contribution is -2.58. The lowest BCUT2D eigenvalue weighted by Gasteiger charge is -2.26. The van der Waals surface area contributed by atoms with E-state index in [4.69, 9.17) is 11.5 Å². The fourth-order valence-electron chi connectivity index (χ4n) is 3.24. The van der Waals surface area contributed by atoms with Crippen molar-refractivity contribution in [3.8, 4) is 5.75 Å². The van der Waals surface area contributed by atoms with Crippen molar-refractivity contribution in [1.82, 2.24) is 16.0 Å². The molecule has 206 valence electrons. The van der Waals surface area contributed by atoms with Crippen molar-refractivity contribution in [2.45, 2.75) is 63.7 Å². The van der Waals surface area contributed by atoms with E-state index in [-0.39, 0.29) is 37.4 Å². The van der Waals surface area contributed by atoms with E-state index >= 15 is 0 Å². The average molecular weight is 540 g/mol. The number of rotatable bonds is 16. The van der Waals surface area contributed by atoms with Crippen molar-refractivity contribution in [3.63, 3.8) is 0 Å². The van der Waals surface area contributed by atoms with Gasteiger partial charge >= 0.3 is 5.97 Å². The minimum absolute atomic E-state index is 0.00696. The third-order valence-corrected chi connectivity index (χ3v) is 6.21. The number of phenols is 1. The van der Waals surface area contributed by atoms with Crippen LogP contribution in [0.5, 0.6) is 5.75 Å². The van der Waals surface area contributed by atoms with E-state index in [9.17, 15) is 34.2 Å². The lowest BCUT2D eigenvalue weighted by molar-refractivity contribution is -0.142. The zero-order valence-corrected chi connectivity index (χ0v) is 22.0.